The molecule has 6 aromatic carbocycles. The fourth-order valence-electron chi connectivity index (χ4n) is 6.24. The highest BCUT2D eigenvalue weighted by atomic mass is 19.1. The number of unbranched alkanes of at least 4 members (excludes halogenated alkanes) is 3. The van der Waals surface area contributed by atoms with E-state index in [9.17, 15) is 0 Å². The van der Waals surface area contributed by atoms with Crippen molar-refractivity contribution in [1.29, 1.82) is 0 Å². The number of hydrogen-bond acceptors (Lipinski definition) is 0. The van der Waals surface area contributed by atoms with E-state index in [1.54, 1.807) is 6.07 Å². The third-order valence-electron chi connectivity index (χ3n) is 9.14. The van der Waals surface area contributed by atoms with Crippen molar-refractivity contribution < 1.29 is 4.39 Å². The van der Waals surface area contributed by atoms with Crippen LogP contribution >= 0.6 is 0 Å². The van der Waals surface area contributed by atoms with Crippen LogP contribution in [-0.2, 0) is 12.8 Å². The molecule has 0 fully saturated rings. The summed E-state index contributed by atoms with van der Waals surface area (Å²) in [6, 6.07) is 42.8. The quantitative estimate of drug-likeness (QED) is 0.106. The Kier molecular flexibility index (Phi) is 10.3. The van der Waals surface area contributed by atoms with Gasteiger partial charge in [-0.1, -0.05) is 130 Å². The molecule has 0 aliphatic rings. The van der Waals surface area contributed by atoms with Crippen LogP contribution in [0.5, 0.6) is 0 Å². The van der Waals surface area contributed by atoms with Crippen LogP contribution in [0.1, 0.15) is 73.8 Å². The minimum Gasteiger partial charge on any atom is -0.206 e. The smallest absolute Gasteiger partial charge is 0.139 e. The Bertz CT molecular complexity index is 1990. The van der Waals surface area contributed by atoms with Crippen molar-refractivity contribution in [2.75, 3.05) is 0 Å². The second-order valence-corrected chi connectivity index (χ2v) is 12.7. The van der Waals surface area contributed by atoms with Crippen LogP contribution in [-0.4, -0.2) is 0 Å². The molecule has 0 amide bonds. The monoisotopic (exact) mass is 614 g/mol. The molecule has 0 unspecified atom stereocenters. The average molecular weight is 615 g/mol. The summed E-state index contributed by atoms with van der Waals surface area (Å²) in [4.78, 5) is 0. The maximum atomic E-state index is 15.3. The van der Waals surface area contributed by atoms with Gasteiger partial charge in [0, 0.05) is 5.56 Å². The van der Waals surface area contributed by atoms with Gasteiger partial charge in [-0.15, -0.1) is 0 Å². The number of aryl methyl sites for hydroxylation is 3. The third kappa shape index (κ3) is 7.90. The lowest BCUT2D eigenvalue weighted by Gasteiger charge is -2.10. The van der Waals surface area contributed by atoms with Crippen LogP contribution in [0, 0.1) is 24.6 Å². The second kappa shape index (κ2) is 15.1. The summed E-state index contributed by atoms with van der Waals surface area (Å²) in [5, 5.41) is 2.45. The molecule has 0 heterocycles. The summed E-state index contributed by atoms with van der Waals surface area (Å²) in [6.45, 7) is 6.38. The molecule has 0 aromatic heterocycles. The van der Waals surface area contributed by atoms with Crippen LogP contribution in [0.15, 0.2) is 121 Å². The molecule has 6 rings (SSSR count). The van der Waals surface area contributed by atoms with Crippen LogP contribution in [0.3, 0.4) is 0 Å². The molecular formula is C46H43F. The van der Waals surface area contributed by atoms with Gasteiger partial charge in [0.05, 0.1) is 5.56 Å². The van der Waals surface area contributed by atoms with Crippen molar-refractivity contribution in [2.24, 2.45) is 0 Å². The minimum absolute atomic E-state index is 0.284. The molecule has 0 saturated carbocycles. The molecule has 0 saturated heterocycles. The zero-order valence-corrected chi connectivity index (χ0v) is 27.9. The summed E-state index contributed by atoms with van der Waals surface area (Å²) in [6.07, 6.45) is 8.40. The number of rotatable bonds is 10. The molecule has 234 valence electrons. The molecule has 0 aliphatic heterocycles. The van der Waals surface area contributed by atoms with Crippen molar-refractivity contribution in [3.05, 3.63) is 155 Å². The molecule has 6 aromatic rings. The first kappa shape index (κ1) is 32.0. The van der Waals surface area contributed by atoms with Crippen molar-refractivity contribution in [2.45, 2.75) is 65.7 Å². The van der Waals surface area contributed by atoms with Crippen LogP contribution in [0.4, 0.5) is 4.39 Å². The van der Waals surface area contributed by atoms with E-state index < -0.39 is 0 Å². The highest BCUT2D eigenvalue weighted by Crippen LogP contribution is 2.31. The highest BCUT2D eigenvalue weighted by molar-refractivity contribution is 5.91. The van der Waals surface area contributed by atoms with Gasteiger partial charge in [-0.25, -0.2) is 4.39 Å². The van der Waals surface area contributed by atoms with Crippen LogP contribution in [0.2, 0.25) is 0 Å². The van der Waals surface area contributed by atoms with Gasteiger partial charge < -0.3 is 0 Å². The van der Waals surface area contributed by atoms with E-state index in [-0.39, 0.29) is 5.82 Å². The molecule has 0 nitrogen and oxygen atoms in total. The van der Waals surface area contributed by atoms with E-state index in [1.165, 1.54) is 70.7 Å². The van der Waals surface area contributed by atoms with Crippen molar-refractivity contribution in [3.8, 4) is 45.2 Å². The second-order valence-electron chi connectivity index (χ2n) is 12.7. The number of halogens is 1. The summed E-state index contributed by atoms with van der Waals surface area (Å²) in [5.41, 5.74) is 11.6. The van der Waals surface area contributed by atoms with Gasteiger partial charge in [-0.3, -0.25) is 0 Å². The normalized spacial score (nSPS) is 11.0. The molecule has 0 N–H and O–H groups in total. The standard InChI is InChI=1S/C46H43F/c1-4-6-8-10-35-15-18-37(19-16-35)40-24-26-43-31-41(25-27-42(43)30-40)38-20-22-39(23-21-38)44-29-33(3)45(46(47)32-44)28-17-36-13-11-34(12-14-36)9-7-5-2/h11-16,18-27,29-32H,4-10H2,1-3H3. The number of benzene rings is 6. The van der Waals surface area contributed by atoms with E-state index in [0.29, 0.717) is 5.56 Å². The van der Waals surface area contributed by atoms with Gasteiger partial charge in [0.15, 0.2) is 0 Å². The molecule has 0 aliphatic carbocycles. The molecule has 0 radical (unpaired) electrons. The summed E-state index contributed by atoms with van der Waals surface area (Å²) < 4.78 is 15.3. The molecule has 0 spiro atoms. The minimum atomic E-state index is -0.284. The van der Waals surface area contributed by atoms with Crippen LogP contribution in [0.25, 0.3) is 44.2 Å². The van der Waals surface area contributed by atoms with Crippen LogP contribution < -0.4 is 0 Å². The SMILES string of the molecule is CCCCCc1ccc(-c2ccc3cc(-c4ccc(-c5cc(C)c(C#Cc6ccc(CCCC)cc6)c(F)c5)cc4)ccc3c2)cc1. The topological polar surface area (TPSA) is 0 Å². The Labute approximate surface area is 280 Å². The predicted molar refractivity (Wildman–Crippen MR) is 199 cm³/mol. The summed E-state index contributed by atoms with van der Waals surface area (Å²) in [7, 11) is 0. The van der Waals surface area contributed by atoms with Crippen molar-refractivity contribution >= 4 is 10.8 Å². The Morgan fingerprint density at radius 3 is 1.51 bits per heavy atom. The Morgan fingerprint density at radius 2 is 0.957 bits per heavy atom. The summed E-state index contributed by atoms with van der Waals surface area (Å²) >= 11 is 0. The third-order valence-corrected chi connectivity index (χ3v) is 9.14. The molecular weight excluding hydrogens is 572 g/mol. The zero-order chi connectivity index (χ0) is 32.6. The lowest BCUT2D eigenvalue weighted by molar-refractivity contribution is 0.623. The maximum absolute atomic E-state index is 15.3. The molecule has 1 heteroatoms. The summed E-state index contributed by atoms with van der Waals surface area (Å²) in [5.74, 6) is 5.95. The lowest BCUT2D eigenvalue weighted by atomic mass is 9.95. The first-order chi connectivity index (χ1) is 23.0. The maximum Gasteiger partial charge on any atom is 0.139 e. The van der Waals surface area contributed by atoms with E-state index in [1.807, 2.05) is 25.1 Å². The largest absolute Gasteiger partial charge is 0.206 e. The zero-order valence-electron chi connectivity index (χ0n) is 27.9. The predicted octanol–water partition coefficient (Wildman–Crippen LogP) is 12.8. The molecule has 0 bridgehead atoms. The Morgan fingerprint density at radius 1 is 0.468 bits per heavy atom. The first-order valence-electron chi connectivity index (χ1n) is 17.2. The molecule has 47 heavy (non-hydrogen) atoms. The van der Waals surface area contributed by atoms with Gasteiger partial charge in [-0.2, -0.15) is 0 Å². The first-order valence-corrected chi connectivity index (χ1v) is 17.2. The van der Waals surface area contributed by atoms with E-state index in [2.05, 4.69) is 123 Å². The highest BCUT2D eigenvalue weighted by Gasteiger charge is 2.09. The number of fused-ring (bicyclic) bond motifs is 1. The Balaban J connectivity index is 1.15. The van der Waals surface area contributed by atoms with Gasteiger partial charge in [0.25, 0.3) is 0 Å². The average Bonchev–Trinajstić information content (AvgIpc) is 3.11. The van der Waals surface area contributed by atoms with E-state index in [0.717, 1.165) is 40.7 Å². The van der Waals surface area contributed by atoms with Crippen molar-refractivity contribution in [1.82, 2.24) is 0 Å². The fraction of sp³-hybridized carbons (Fsp3) is 0.217. The van der Waals surface area contributed by atoms with Gasteiger partial charge in [0.1, 0.15) is 5.82 Å². The van der Waals surface area contributed by atoms with Gasteiger partial charge in [-0.05, 0) is 130 Å². The fourth-order valence-corrected chi connectivity index (χ4v) is 6.24. The van der Waals surface area contributed by atoms with Crippen molar-refractivity contribution in [3.63, 3.8) is 0 Å². The van der Waals surface area contributed by atoms with Gasteiger partial charge in [0.2, 0.25) is 0 Å². The number of hydrogen-bond donors (Lipinski definition) is 0. The molecule has 0 atom stereocenters. The van der Waals surface area contributed by atoms with E-state index in [4.69, 9.17) is 0 Å². The van der Waals surface area contributed by atoms with E-state index >= 15 is 4.39 Å². The Hall–Kier alpha value is -4.93. The van der Waals surface area contributed by atoms with Gasteiger partial charge >= 0.3 is 0 Å². The lowest BCUT2D eigenvalue weighted by Crippen LogP contribution is -1.92.